The smallest absolute Gasteiger partial charge is 0.252 e. The van der Waals surface area contributed by atoms with E-state index >= 15 is 0 Å². The first-order valence-corrected chi connectivity index (χ1v) is 6.88. The molecule has 0 bridgehead atoms. The molecule has 0 aliphatic carbocycles. The lowest BCUT2D eigenvalue weighted by Gasteiger charge is -2.07. The SMILES string of the molecule is CS(=O)(=O)c1ccc2ncc(C(N)=O)c(N)c2c1. The monoisotopic (exact) mass is 265 g/mol. The van der Waals surface area contributed by atoms with Crippen molar-refractivity contribution in [2.24, 2.45) is 5.73 Å². The zero-order chi connectivity index (χ0) is 13.5. The predicted octanol–water partition coefficient (Wildman–Crippen LogP) is 0.319. The van der Waals surface area contributed by atoms with Gasteiger partial charge in [0.1, 0.15) is 0 Å². The first-order chi connectivity index (χ1) is 8.30. The number of nitrogens with two attached hydrogens (primary N) is 2. The van der Waals surface area contributed by atoms with Crippen LogP contribution >= 0.6 is 0 Å². The van der Waals surface area contributed by atoms with Gasteiger partial charge in [0.15, 0.2) is 9.84 Å². The molecule has 2 aromatic rings. The second kappa shape index (κ2) is 3.95. The van der Waals surface area contributed by atoms with Crippen LogP contribution in [0.25, 0.3) is 10.9 Å². The standard InChI is InChI=1S/C11H11N3O3S/c1-18(16,17)6-2-3-9-7(4-6)10(12)8(5-14-9)11(13)15/h2-5H,1H3,(H2,12,14)(H2,13,15). The second-order valence-corrected chi connectivity index (χ2v) is 5.92. The zero-order valence-corrected chi connectivity index (χ0v) is 10.4. The Morgan fingerprint density at radius 3 is 2.56 bits per heavy atom. The van der Waals surface area contributed by atoms with Crippen molar-refractivity contribution in [1.82, 2.24) is 4.98 Å². The highest BCUT2D eigenvalue weighted by molar-refractivity contribution is 7.90. The van der Waals surface area contributed by atoms with Crippen molar-refractivity contribution in [3.63, 3.8) is 0 Å². The molecule has 7 heteroatoms. The Bertz CT molecular complexity index is 753. The van der Waals surface area contributed by atoms with Crippen LogP contribution < -0.4 is 11.5 Å². The maximum absolute atomic E-state index is 11.5. The van der Waals surface area contributed by atoms with E-state index in [2.05, 4.69) is 4.98 Å². The number of aromatic nitrogens is 1. The molecule has 1 heterocycles. The van der Waals surface area contributed by atoms with Crippen LogP contribution in [0.2, 0.25) is 0 Å². The summed E-state index contributed by atoms with van der Waals surface area (Å²) in [6.07, 6.45) is 2.37. The first-order valence-electron chi connectivity index (χ1n) is 4.99. The van der Waals surface area contributed by atoms with Gasteiger partial charge in [0.05, 0.1) is 21.7 Å². The van der Waals surface area contributed by atoms with E-state index in [0.717, 1.165) is 6.26 Å². The van der Waals surface area contributed by atoms with Gasteiger partial charge in [0.25, 0.3) is 5.91 Å². The van der Waals surface area contributed by atoms with Crippen molar-refractivity contribution < 1.29 is 13.2 Å². The lowest BCUT2D eigenvalue weighted by molar-refractivity contribution is 0.100. The average molecular weight is 265 g/mol. The van der Waals surface area contributed by atoms with Crippen molar-refractivity contribution in [3.05, 3.63) is 30.0 Å². The maximum Gasteiger partial charge on any atom is 0.252 e. The van der Waals surface area contributed by atoms with E-state index in [-0.39, 0.29) is 16.1 Å². The van der Waals surface area contributed by atoms with Crippen molar-refractivity contribution in [2.75, 3.05) is 12.0 Å². The van der Waals surface area contributed by atoms with Gasteiger partial charge in [-0.3, -0.25) is 9.78 Å². The van der Waals surface area contributed by atoms with Gasteiger partial charge in [-0.15, -0.1) is 0 Å². The summed E-state index contributed by atoms with van der Waals surface area (Å²) in [6.45, 7) is 0. The number of nitrogen functional groups attached to an aromatic ring is 1. The van der Waals surface area contributed by atoms with Crippen LogP contribution in [-0.4, -0.2) is 25.6 Å². The van der Waals surface area contributed by atoms with Crippen molar-refractivity contribution >= 4 is 32.3 Å². The molecule has 18 heavy (non-hydrogen) atoms. The molecule has 1 amide bonds. The summed E-state index contributed by atoms with van der Waals surface area (Å²) >= 11 is 0. The topological polar surface area (TPSA) is 116 Å². The van der Waals surface area contributed by atoms with Gasteiger partial charge in [0, 0.05) is 17.8 Å². The molecule has 1 aromatic heterocycles. The minimum absolute atomic E-state index is 0.0770. The normalized spacial score (nSPS) is 11.6. The maximum atomic E-state index is 11.5. The van der Waals surface area contributed by atoms with Crippen LogP contribution in [0.15, 0.2) is 29.3 Å². The number of hydrogen-bond donors (Lipinski definition) is 2. The molecule has 0 unspecified atom stereocenters. The molecule has 0 saturated heterocycles. The van der Waals surface area contributed by atoms with E-state index in [0.29, 0.717) is 10.9 Å². The Labute approximate surface area is 104 Å². The molecule has 0 aliphatic heterocycles. The van der Waals surface area contributed by atoms with Crippen LogP contribution in [0.4, 0.5) is 5.69 Å². The van der Waals surface area contributed by atoms with Crippen LogP contribution in [0, 0.1) is 0 Å². The summed E-state index contributed by atoms with van der Waals surface area (Å²) in [5, 5.41) is 0.397. The van der Waals surface area contributed by atoms with E-state index in [1.165, 1.54) is 24.4 Å². The Kier molecular flexibility index (Phi) is 2.70. The Morgan fingerprint density at radius 2 is 2.00 bits per heavy atom. The lowest BCUT2D eigenvalue weighted by Crippen LogP contribution is -2.14. The number of hydrogen-bond acceptors (Lipinski definition) is 5. The Hall–Kier alpha value is -2.15. The lowest BCUT2D eigenvalue weighted by atomic mass is 10.1. The fourth-order valence-corrected chi connectivity index (χ4v) is 2.27. The van der Waals surface area contributed by atoms with Gasteiger partial charge in [-0.05, 0) is 18.2 Å². The molecule has 0 fully saturated rings. The highest BCUT2D eigenvalue weighted by Crippen LogP contribution is 2.25. The van der Waals surface area contributed by atoms with Crippen LogP contribution in [0.5, 0.6) is 0 Å². The number of carbonyl (C=O) groups excluding carboxylic acids is 1. The minimum atomic E-state index is -3.34. The highest BCUT2D eigenvalue weighted by Gasteiger charge is 2.13. The van der Waals surface area contributed by atoms with Crippen molar-refractivity contribution in [2.45, 2.75) is 4.90 Å². The zero-order valence-electron chi connectivity index (χ0n) is 9.54. The number of anilines is 1. The number of sulfone groups is 1. The van der Waals surface area contributed by atoms with Gasteiger partial charge in [0.2, 0.25) is 0 Å². The number of amides is 1. The van der Waals surface area contributed by atoms with Gasteiger partial charge in [-0.25, -0.2) is 8.42 Å². The molecule has 94 valence electrons. The fourth-order valence-electron chi connectivity index (χ4n) is 1.62. The fraction of sp³-hybridized carbons (Fsp3) is 0.0909. The van der Waals surface area contributed by atoms with E-state index in [1.54, 1.807) is 0 Å². The summed E-state index contributed by atoms with van der Waals surface area (Å²) in [5.74, 6) is -0.702. The molecule has 0 saturated carbocycles. The summed E-state index contributed by atoms with van der Waals surface area (Å²) in [5.41, 5.74) is 11.7. The van der Waals surface area contributed by atoms with E-state index in [4.69, 9.17) is 11.5 Å². The highest BCUT2D eigenvalue weighted by atomic mass is 32.2. The molecular formula is C11H11N3O3S. The third kappa shape index (κ3) is 2.00. The average Bonchev–Trinajstić information content (AvgIpc) is 2.27. The van der Waals surface area contributed by atoms with Crippen LogP contribution in [0.3, 0.4) is 0 Å². The molecule has 2 rings (SSSR count). The van der Waals surface area contributed by atoms with Crippen molar-refractivity contribution in [1.29, 1.82) is 0 Å². The summed E-state index contributed by atoms with van der Waals surface area (Å²) in [6, 6.07) is 4.36. The number of fused-ring (bicyclic) bond motifs is 1. The van der Waals surface area contributed by atoms with Gasteiger partial charge < -0.3 is 11.5 Å². The molecule has 0 aliphatic rings. The number of nitrogens with zero attached hydrogens (tertiary/aromatic N) is 1. The molecule has 1 aromatic carbocycles. The largest absolute Gasteiger partial charge is 0.397 e. The first kappa shape index (κ1) is 12.3. The summed E-state index contributed by atoms with van der Waals surface area (Å²) < 4.78 is 22.9. The minimum Gasteiger partial charge on any atom is -0.397 e. The van der Waals surface area contributed by atoms with Crippen LogP contribution in [-0.2, 0) is 9.84 Å². The Balaban J connectivity index is 2.83. The van der Waals surface area contributed by atoms with Crippen molar-refractivity contribution in [3.8, 4) is 0 Å². The predicted molar refractivity (Wildman–Crippen MR) is 67.8 cm³/mol. The van der Waals surface area contributed by atoms with E-state index in [1.807, 2.05) is 0 Å². The van der Waals surface area contributed by atoms with Gasteiger partial charge in [-0.1, -0.05) is 0 Å². The quantitative estimate of drug-likeness (QED) is 0.811. The molecule has 6 nitrogen and oxygen atoms in total. The summed E-state index contributed by atoms with van der Waals surface area (Å²) in [4.78, 5) is 15.3. The molecular weight excluding hydrogens is 254 g/mol. The van der Waals surface area contributed by atoms with Crippen LogP contribution in [0.1, 0.15) is 10.4 Å². The number of benzene rings is 1. The number of rotatable bonds is 2. The van der Waals surface area contributed by atoms with Gasteiger partial charge in [-0.2, -0.15) is 0 Å². The molecule has 4 N–H and O–H groups in total. The Morgan fingerprint density at radius 1 is 1.33 bits per heavy atom. The second-order valence-electron chi connectivity index (χ2n) is 3.90. The number of primary amides is 1. The number of carbonyl (C=O) groups is 1. The molecule has 0 spiro atoms. The van der Waals surface area contributed by atoms with E-state index in [9.17, 15) is 13.2 Å². The third-order valence-corrected chi connectivity index (χ3v) is 3.68. The number of pyridine rings is 1. The third-order valence-electron chi connectivity index (χ3n) is 2.57. The summed E-state index contributed by atoms with van der Waals surface area (Å²) in [7, 11) is -3.34. The van der Waals surface area contributed by atoms with Gasteiger partial charge >= 0.3 is 0 Å². The molecule has 0 radical (unpaired) electrons. The van der Waals surface area contributed by atoms with E-state index < -0.39 is 15.7 Å². The molecule has 0 atom stereocenters.